The minimum Gasteiger partial charge on any atom is -0.378 e. The topological polar surface area (TPSA) is 61.8 Å². The summed E-state index contributed by atoms with van der Waals surface area (Å²) in [7, 11) is 1.70. The van der Waals surface area contributed by atoms with Gasteiger partial charge < -0.3 is 14.5 Å². The highest BCUT2D eigenvalue weighted by Crippen LogP contribution is 2.25. The quantitative estimate of drug-likeness (QED) is 0.264. The van der Waals surface area contributed by atoms with Crippen molar-refractivity contribution in [1.82, 2.24) is 19.8 Å². The van der Waals surface area contributed by atoms with Crippen LogP contribution in [-0.4, -0.2) is 78.6 Å². The zero-order valence-electron chi connectivity index (χ0n) is 22.7. The molecule has 3 aromatic rings. The van der Waals surface area contributed by atoms with E-state index in [1.165, 1.54) is 5.56 Å². The van der Waals surface area contributed by atoms with Gasteiger partial charge in [0.05, 0.1) is 12.3 Å². The molecular formula is C31H37N5O2S. The van der Waals surface area contributed by atoms with E-state index in [1.54, 1.807) is 18.9 Å². The minimum absolute atomic E-state index is 0.138. The van der Waals surface area contributed by atoms with Crippen molar-refractivity contribution in [2.45, 2.75) is 30.4 Å². The molecule has 2 aromatic carbocycles. The van der Waals surface area contributed by atoms with E-state index in [9.17, 15) is 4.79 Å². The molecule has 2 aliphatic heterocycles. The van der Waals surface area contributed by atoms with Crippen LogP contribution in [0, 0.1) is 0 Å². The first-order valence-corrected chi connectivity index (χ1v) is 14.7. The van der Waals surface area contributed by atoms with Crippen LogP contribution in [0.3, 0.4) is 0 Å². The van der Waals surface area contributed by atoms with Gasteiger partial charge in [-0.1, -0.05) is 66.4 Å². The molecule has 0 N–H and O–H groups in total. The Morgan fingerprint density at radius 3 is 2.41 bits per heavy atom. The molecule has 3 heterocycles. The van der Waals surface area contributed by atoms with Crippen LogP contribution in [0.25, 0.3) is 6.08 Å². The summed E-state index contributed by atoms with van der Waals surface area (Å²) in [4.78, 5) is 29.0. The van der Waals surface area contributed by atoms with Crippen molar-refractivity contribution in [2.24, 2.45) is 0 Å². The Morgan fingerprint density at radius 2 is 1.69 bits per heavy atom. The number of rotatable bonds is 10. The average molecular weight is 544 g/mol. The van der Waals surface area contributed by atoms with Crippen molar-refractivity contribution >= 4 is 29.6 Å². The number of benzene rings is 2. The number of aromatic nitrogens is 2. The lowest BCUT2D eigenvalue weighted by Gasteiger charge is -2.35. The van der Waals surface area contributed by atoms with Crippen LogP contribution in [-0.2, 0) is 17.1 Å². The Labute approximate surface area is 235 Å². The molecular weight excluding hydrogens is 506 g/mol. The van der Waals surface area contributed by atoms with Crippen molar-refractivity contribution in [3.05, 3.63) is 89.1 Å². The van der Waals surface area contributed by atoms with E-state index < -0.39 is 0 Å². The van der Waals surface area contributed by atoms with Crippen molar-refractivity contribution in [3.8, 4) is 0 Å². The van der Waals surface area contributed by atoms with E-state index in [2.05, 4.69) is 52.3 Å². The number of amides is 1. The first-order valence-electron chi connectivity index (χ1n) is 13.7. The maximum absolute atomic E-state index is 12.6. The zero-order chi connectivity index (χ0) is 26.9. The number of anilines is 1. The van der Waals surface area contributed by atoms with Crippen molar-refractivity contribution in [2.75, 3.05) is 57.8 Å². The van der Waals surface area contributed by atoms with Gasteiger partial charge in [0, 0.05) is 70.3 Å². The van der Waals surface area contributed by atoms with E-state index in [0.717, 1.165) is 92.2 Å². The van der Waals surface area contributed by atoms with Crippen LogP contribution < -0.4 is 4.90 Å². The van der Waals surface area contributed by atoms with Crippen molar-refractivity contribution < 1.29 is 9.53 Å². The number of piperazine rings is 1. The third kappa shape index (κ3) is 7.68. The third-order valence-corrected chi connectivity index (χ3v) is 8.09. The number of carbonyl (C=O) groups is 1. The molecule has 0 bridgehead atoms. The molecule has 8 heteroatoms. The molecule has 1 amide bonds. The van der Waals surface area contributed by atoms with Gasteiger partial charge in [0.25, 0.3) is 5.91 Å². The summed E-state index contributed by atoms with van der Waals surface area (Å²) < 4.78 is 5.39. The van der Waals surface area contributed by atoms with Gasteiger partial charge in [-0.25, -0.2) is 9.97 Å². The standard InChI is InChI=1S/C31H37N5O2S/c1-38-23-28-22-29(35-20-18-34(19-21-35)15-7-10-25-8-3-2-4-9-25)33-31(32-28)39-24-26-11-13-27(14-12-26)30(37)36-16-5-6-17-36/h2-4,7-14,22H,5-6,15-21,23-24H2,1H3/b10-7+. The van der Waals surface area contributed by atoms with Crippen molar-refractivity contribution in [3.63, 3.8) is 0 Å². The van der Waals surface area contributed by atoms with Gasteiger partial charge in [-0.15, -0.1) is 0 Å². The molecule has 0 radical (unpaired) electrons. The molecule has 7 nitrogen and oxygen atoms in total. The molecule has 1 aromatic heterocycles. The number of hydrogen-bond acceptors (Lipinski definition) is 7. The maximum Gasteiger partial charge on any atom is 0.253 e. The SMILES string of the molecule is COCc1cc(N2CCN(C/C=C/c3ccccc3)CC2)nc(SCc2ccc(C(=O)N3CCCC3)cc2)n1. The summed E-state index contributed by atoms with van der Waals surface area (Å²) in [6.45, 7) is 6.99. The first-order chi connectivity index (χ1) is 19.2. The highest BCUT2D eigenvalue weighted by molar-refractivity contribution is 7.98. The van der Waals surface area contributed by atoms with Crippen LogP contribution in [0.5, 0.6) is 0 Å². The van der Waals surface area contributed by atoms with E-state index in [4.69, 9.17) is 14.7 Å². The van der Waals surface area contributed by atoms with Gasteiger partial charge >= 0.3 is 0 Å². The number of ether oxygens (including phenoxy) is 1. The summed E-state index contributed by atoms with van der Waals surface area (Å²) in [6.07, 6.45) is 6.64. The van der Waals surface area contributed by atoms with Gasteiger partial charge in [-0.3, -0.25) is 9.69 Å². The molecule has 2 aliphatic rings. The van der Waals surface area contributed by atoms with E-state index >= 15 is 0 Å². The largest absolute Gasteiger partial charge is 0.378 e. The molecule has 0 saturated carbocycles. The molecule has 0 atom stereocenters. The Hall–Kier alpha value is -3.20. The fraction of sp³-hybridized carbons (Fsp3) is 0.387. The smallest absolute Gasteiger partial charge is 0.253 e. The number of carbonyl (C=O) groups excluding carboxylic acids is 1. The van der Waals surface area contributed by atoms with Crippen LogP contribution in [0.1, 0.15) is 40.0 Å². The third-order valence-electron chi connectivity index (χ3n) is 7.17. The van der Waals surface area contributed by atoms with Crippen LogP contribution in [0.2, 0.25) is 0 Å². The summed E-state index contributed by atoms with van der Waals surface area (Å²) >= 11 is 1.62. The molecule has 5 rings (SSSR count). The molecule has 39 heavy (non-hydrogen) atoms. The number of hydrogen-bond donors (Lipinski definition) is 0. The highest BCUT2D eigenvalue weighted by atomic mass is 32.2. The van der Waals surface area contributed by atoms with Gasteiger partial charge in [0.15, 0.2) is 5.16 Å². The molecule has 0 aliphatic carbocycles. The van der Waals surface area contributed by atoms with Gasteiger partial charge in [-0.05, 0) is 36.1 Å². The predicted molar refractivity (Wildman–Crippen MR) is 158 cm³/mol. The molecule has 204 valence electrons. The monoisotopic (exact) mass is 543 g/mol. The molecule has 0 spiro atoms. The second-order valence-electron chi connectivity index (χ2n) is 10.0. The van der Waals surface area contributed by atoms with Crippen molar-refractivity contribution in [1.29, 1.82) is 0 Å². The Morgan fingerprint density at radius 1 is 0.949 bits per heavy atom. The number of likely N-dealkylation sites (tertiary alicyclic amines) is 1. The summed E-state index contributed by atoms with van der Waals surface area (Å²) in [5.41, 5.74) is 4.04. The van der Waals surface area contributed by atoms with Crippen LogP contribution in [0.15, 0.2) is 71.9 Å². The molecule has 0 unspecified atom stereocenters. The summed E-state index contributed by atoms with van der Waals surface area (Å²) in [6, 6.07) is 20.5. The van der Waals surface area contributed by atoms with E-state index in [0.29, 0.717) is 6.61 Å². The Bertz CT molecular complexity index is 1240. The van der Waals surface area contributed by atoms with Gasteiger partial charge in [0.1, 0.15) is 5.82 Å². The number of methoxy groups -OCH3 is 1. The number of thioether (sulfide) groups is 1. The van der Waals surface area contributed by atoms with Crippen LogP contribution in [0.4, 0.5) is 5.82 Å². The first kappa shape index (κ1) is 27.4. The second-order valence-corrected chi connectivity index (χ2v) is 11.0. The Kier molecular flexibility index (Phi) is 9.64. The van der Waals surface area contributed by atoms with E-state index in [1.807, 2.05) is 35.2 Å². The lowest BCUT2D eigenvalue weighted by atomic mass is 10.1. The molecule has 2 saturated heterocycles. The summed E-state index contributed by atoms with van der Waals surface area (Å²) in [5, 5.41) is 0.755. The predicted octanol–water partition coefficient (Wildman–Crippen LogP) is 4.99. The Balaban J connectivity index is 1.16. The minimum atomic E-state index is 0.138. The lowest BCUT2D eigenvalue weighted by molar-refractivity contribution is 0.0793. The zero-order valence-corrected chi connectivity index (χ0v) is 23.5. The maximum atomic E-state index is 12.6. The fourth-order valence-electron chi connectivity index (χ4n) is 4.96. The van der Waals surface area contributed by atoms with Gasteiger partial charge in [0.2, 0.25) is 0 Å². The fourth-order valence-corrected chi connectivity index (χ4v) is 5.79. The molecule has 2 fully saturated rings. The lowest BCUT2D eigenvalue weighted by Crippen LogP contribution is -2.46. The second kappa shape index (κ2) is 13.7. The van der Waals surface area contributed by atoms with Crippen LogP contribution >= 0.6 is 11.8 Å². The van der Waals surface area contributed by atoms with Gasteiger partial charge in [-0.2, -0.15) is 0 Å². The average Bonchev–Trinajstić information content (AvgIpc) is 3.52. The highest BCUT2D eigenvalue weighted by Gasteiger charge is 2.20. The summed E-state index contributed by atoms with van der Waals surface area (Å²) in [5.74, 6) is 1.85. The normalized spacial score (nSPS) is 16.3. The number of nitrogens with zero attached hydrogens (tertiary/aromatic N) is 5. The van der Waals surface area contributed by atoms with E-state index in [-0.39, 0.29) is 5.91 Å².